The van der Waals surface area contributed by atoms with Gasteiger partial charge in [0.1, 0.15) is 18.3 Å². The first-order valence-corrected chi connectivity index (χ1v) is 6.80. The van der Waals surface area contributed by atoms with E-state index in [0.717, 1.165) is 0 Å². The summed E-state index contributed by atoms with van der Waals surface area (Å²) in [5, 5.41) is 58.6. The molecule has 0 aliphatic rings. The van der Waals surface area contributed by atoms with Gasteiger partial charge in [-0.3, -0.25) is 0 Å². The Morgan fingerprint density at radius 1 is 0.783 bits per heavy atom. The summed E-state index contributed by atoms with van der Waals surface area (Å²) in [6.45, 7) is 0.108. The van der Waals surface area contributed by atoms with E-state index in [1.54, 1.807) is 0 Å². The average molecular weight is 410 g/mol. The van der Waals surface area contributed by atoms with Crippen molar-refractivity contribution in [1.82, 2.24) is 0 Å². The van der Waals surface area contributed by atoms with E-state index in [9.17, 15) is 0 Å². The fourth-order valence-corrected chi connectivity index (χ4v) is 0.472. The van der Waals surface area contributed by atoms with Gasteiger partial charge in [0.2, 0.25) is 0 Å². The van der Waals surface area contributed by atoms with Crippen LogP contribution in [-0.4, -0.2) is 106 Å². The van der Waals surface area contributed by atoms with Crippen LogP contribution in [0.3, 0.4) is 0 Å². The zero-order chi connectivity index (χ0) is 16.9. The van der Waals surface area contributed by atoms with Gasteiger partial charge in [-0.05, 0) is 6.92 Å². The standard InChI is InChI=1S/C5H12O5.C3H8O2.H3O4P.2H2O.Ti/c6-1-3(8)5(10)4(9)2-7;1-3(5)2-4;1-5(2,3)4;;;/h3-10H,1-2H2;3-5H,2H2,1H3;(H3,1,2,3,4);2*1H2;/t3-,4+,5?;;;;;. The van der Waals surface area contributed by atoms with E-state index in [1.807, 2.05) is 0 Å². The van der Waals surface area contributed by atoms with Crippen LogP contribution in [0.15, 0.2) is 0 Å². The third-order valence-electron chi connectivity index (χ3n) is 1.43. The zero-order valence-electron chi connectivity index (χ0n) is 12.3. The molecule has 0 spiro atoms. The van der Waals surface area contributed by atoms with Crippen molar-refractivity contribution in [1.29, 1.82) is 0 Å². The van der Waals surface area contributed by atoms with Gasteiger partial charge in [-0.2, -0.15) is 0 Å². The van der Waals surface area contributed by atoms with Gasteiger partial charge in [0.05, 0.1) is 25.9 Å². The Morgan fingerprint density at radius 3 is 1.04 bits per heavy atom. The van der Waals surface area contributed by atoms with Gasteiger partial charge in [0, 0.05) is 21.7 Å². The van der Waals surface area contributed by atoms with Gasteiger partial charge in [-0.1, -0.05) is 0 Å². The molecule has 0 radical (unpaired) electrons. The summed E-state index contributed by atoms with van der Waals surface area (Å²) >= 11 is 0. The topological polar surface area (TPSA) is 282 Å². The van der Waals surface area contributed by atoms with Crippen molar-refractivity contribution in [3.05, 3.63) is 0 Å². The molecule has 146 valence electrons. The van der Waals surface area contributed by atoms with Crippen LogP contribution in [0.5, 0.6) is 0 Å². The maximum atomic E-state index is 8.88. The monoisotopic (exact) mass is 410 g/mol. The molecule has 4 atom stereocenters. The van der Waals surface area contributed by atoms with Crippen molar-refractivity contribution in [3.8, 4) is 0 Å². The molecular weight excluding hydrogens is 383 g/mol. The Balaban J connectivity index is -0.0000000483. The predicted octanol–water partition coefficient (Wildman–Crippen LogP) is -6.17. The molecule has 13 nitrogen and oxygen atoms in total. The second-order valence-electron chi connectivity index (χ2n) is 3.54. The van der Waals surface area contributed by atoms with Crippen LogP contribution >= 0.6 is 7.82 Å². The van der Waals surface area contributed by atoms with Gasteiger partial charge in [0.25, 0.3) is 0 Å². The molecule has 14 N–H and O–H groups in total. The van der Waals surface area contributed by atoms with Crippen LogP contribution in [0.4, 0.5) is 0 Å². The van der Waals surface area contributed by atoms with Crippen LogP contribution in [0.1, 0.15) is 6.92 Å². The third-order valence-corrected chi connectivity index (χ3v) is 1.43. The van der Waals surface area contributed by atoms with Crippen molar-refractivity contribution in [3.63, 3.8) is 0 Å². The molecule has 0 aromatic heterocycles. The predicted molar refractivity (Wildman–Crippen MR) is 72.4 cm³/mol. The van der Waals surface area contributed by atoms with Crippen LogP contribution in [0.25, 0.3) is 0 Å². The molecule has 0 aromatic carbocycles. The summed E-state index contributed by atoms with van der Waals surface area (Å²) in [5.41, 5.74) is 0. The van der Waals surface area contributed by atoms with E-state index >= 15 is 0 Å². The molecule has 0 aromatic rings. The van der Waals surface area contributed by atoms with E-state index in [4.69, 9.17) is 55.0 Å². The van der Waals surface area contributed by atoms with Crippen LogP contribution in [-0.2, 0) is 26.3 Å². The fraction of sp³-hybridized carbons (Fsp3) is 1.00. The largest absolute Gasteiger partial charge is 0.466 e. The van der Waals surface area contributed by atoms with E-state index < -0.39 is 45.5 Å². The average Bonchev–Trinajstić information content (AvgIpc) is 2.34. The normalized spacial score (nSPS) is 14.6. The Kier molecular flexibility index (Phi) is 37.9. The quantitative estimate of drug-likeness (QED) is 0.150. The molecule has 23 heavy (non-hydrogen) atoms. The Morgan fingerprint density at radius 2 is 0.957 bits per heavy atom. The van der Waals surface area contributed by atoms with E-state index in [0.29, 0.717) is 0 Å². The SMILES string of the molecule is CC(O)CO.O.O.O=P(O)(O)O.OC[C@@H](O)C(O)[C@@H](O)CO.[Ti]. The summed E-state index contributed by atoms with van der Waals surface area (Å²) < 4.78 is 8.88. The Bertz CT molecular complexity index is 232. The van der Waals surface area contributed by atoms with E-state index in [2.05, 4.69) is 0 Å². The molecule has 0 saturated carbocycles. The van der Waals surface area contributed by atoms with E-state index in [-0.39, 0.29) is 39.3 Å². The fourth-order valence-electron chi connectivity index (χ4n) is 0.472. The van der Waals surface area contributed by atoms with Gasteiger partial charge < -0.3 is 61.4 Å². The van der Waals surface area contributed by atoms with E-state index in [1.165, 1.54) is 6.92 Å². The number of phosphoric acid groups is 1. The molecule has 0 amide bonds. The van der Waals surface area contributed by atoms with Crippen molar-refractivity contribution >= 4 is 7.82 Å². The van der Waals surface area contributed by atoms with Crippen molar-refractivity contribution in [2.75, 3.05) is 19.8 Å². The van der Waals surface area contributed by atoms with Crippen molar-refractivity contribution in [2.45, 2.75) is 31.3 Å². The molecule has 0 aliphatic heterocycles. The molecule has 0 aliphatic carbocycles. The first kappa shape index (κ1) is 38.8. The first-order valence-electron chi connectivity index (χ1n) is 5.23. The number of rotatable bonds is 5. The van der Waals surface area contributed by atoms with Crippen molar-refractivity contribution < 1.29 is 87.7 Å². The first-order chi connectivity index (χ1) is 8.90. The Hall–Kier alpha value is 0.464. The number of hydrogen-bond acceptors (Lipinski definition) is 8. The van der Waals surface area contributed by atoms with Gasteiger partial charge in [-0.15, -0.1) is 0 Å². The Labute approximate surface area is 147 Å². The van der Waals surface area contributed by atoms with Gasteiger partial charge >= 0.3 is 7.82 Å². The van der Waals surface area contributed by atoms with Crippen LogP contribution in [0.2, 0.25) is 0 Å². The maximum absolute atomic E-state index is 8.88. The van der Waals surface area contributed by atoms with Crippen LogP contribution < -0.4 is 0 Å². The summed E-state index contributed by atoms with van der Waals surface area (Å²) in [4.78, 5) is 21.6. The molecule has 15 heteroatoms. The summed E-state index contributed by atoms with van der Waals surface area (Å²) in [6.07, 6.45) is -4.85. The molecule has 2 unspecified atom stereocenters. The molecule has 0 saturated heterocycles. The van der Waals surface area contributed by atoms with Crippen molar-refractivity contribution in [2.24, 2.45) is 0 Å². The molecule has 0 fully saturated rings. The minimum absolute atomic E-state index is 0. The maximum Gasteiger partial charge on any atom is 0.466 e. The molecule has 0 heterocycles. The summed E-state index contributed by atoms with van der Waals surface area (Å²) in [7, 11) is -4.64. The molecule has 0 rings (SSSR count). The second kappa shape index (κ2) is 22.5. The smallest absolute Gasteiger partial charge is 0.412 e. The number of aliphatic hydroxyl groups excluding tert-OH is 7. The zero-order valence-corrected chi connectivity index (χ0v) is 14.7. The van der Waals surface area contributed by atoms with Crippen LogP contribution in [0, 0.1) is 0 Å². The van der Waals surface area contributed by atoms with Gasteiger partial charge in [0.15, 0.2) is 0 Å². The minimum atomic E-state index is -4.64. The second-order valence-corrected chi connectivity index (χ2v) is 4.56. The summed E-state index contributed by atoms with van der Waals surface area (Å²) in [5.74, 6) is 0. The number of aliphatic hydroxyl groups is 7. The molecular formula is C8H27O13PTi. The van der Waals surface area contributed by atoms with Gasteiger partial charge in [-0.25, -0.2) is 4.57 Å². The number of hydrogen-bond donors (Lipinski definition) is 10. The molecule has 0 bridgehead atoms. The third kappa shape index (κ3) is 45.0. The minimum Gasteiger partial charge on any atom is -0.412 e. The summed E-state index contributed by atoms with van der Waals surface area (Å²) in [6, 6.07) is 0.